The molecular weight excluding hydrogens is 330 g/mol. The van der Waals surface area contributed by atoms with Crippen LogP contribution in [-0.4, -0.2) is 3.21 Å². The molecule has 0 aromatic heterocycles. The third-order valence-electron chi connectivity index (χ3n) is 1.46. The Kier molecular flexibility index (Phi) is 21.5. The van der Waals surface area contributed by atoms with Crippen LogP contribution in [0, 0.1) is 12.2 Å². The predicted octanol–water partition coefficient (Wildman–Crippen LogP) is -2.25. The van der Waals surface area contributed by atoms with Gasteiger partial charge < -0.3 is 24.8 Å². The van der Waals surface area contributed by atoms with Crippen molar-refractivity contribution in [1.82, 2.24) is 0 Å². The quantitative estimate of drug-likeness (QED) is 0.434. The molecule has 0 fully saturated rings. The van der Waals surface area contributed by atoms with Crippen LogP contribution in [0.1, 0.15) is 33.6 Å². The van der Waals surface area contributed by atoms with E-state index in [1.54, 1.807) is 24.2 Å². The Hall–Kier alpha value is 0.293. The number of hydrogen-bond donors (Lipinski definition) is 0. The number of rotatable bonds is 0. The first-order valence-electron chi connectivity index (χ1n) is 5.09. The van der Waals surface area contributed by atoms with Gasteiger partial charge in [0.15, 0.2) is 0 Å². The van der Waals surface area contributed by atoms with Crippen LogP contribution in [0.25, 0.3) is 0 Å². The number of allylic oxidation sites excluding steroid dienone is 8. The normalized spacial score (nSPS) is 13.4. The summed E-state index contributed by atoms with van der Waals surface area (Å²) < 4.78 is 1.51. The minimum absolute atomic E-state index is 0. The van der Waals surface area contributed by atoms with Gasteiger partial charge in [0.1, 0.15) is 0 Å². The molecule has 3 heteroatoms. The first-order chi connectivity index (χ1) is 7.13. The van der Waals surface area contributed by atoms with Crippen LogP contribution in [0.15, 0.2) is 36.0 Å². The van der Waals surface area contributed by atoms with Gasteiger partial charge in [-0.3, -0.25) is 12.2 Å². The van der Waals surface area contributed by atoms with E-state index in [0.717, 1.165) is 12.8 Å². The van der Waals surface area contributed by atoms with Crippen LogP contribution in [0.2, 0.25) is 0 Å². The molecule has 2 rings (SSSR count). The van der Waals surface area contributed by atoms with Gasteiger partial charge in [0.05, 0.1) is 0 Å². The zero-order valence-corrected chi connectivity index (χ0v) is 14.5. The summed E-state index contributed by atoms with van der Waals surface area (Å²) in [4.78, 5) is 0. The maximum Gasteiger partial charge on any atom is -0.109 e. The van der Waals surface area contributed by atoms with E-state index < -0.39 is 0 Å². The molecule has 0 bridgehead atoms. The van der Waals surface area contributed by atoms with Gasteiger partial charge in [0, 0.05) is 0 Å². The van der Waals surface area contributed by atoms with Gasteiger partial charge in [-0.05, 0) is 0 Å². The van der Waals surface area contributed by atoms with E-state index in [1.807, 2.05) is 18.2 Å². The molecule has 0 atom stereocenters. The molecule has 17 heavy (non-hydrogen) atoms. The van der Waals surface area contributed by atoms with Gasteiger partial charge in [-0.2, -0.15) is 12.2 Å². The summed E-state index contributed by atoms with van der Waals surface area (Å²) in [5, 5.41) is 0. The minimum atomic E-state index is 0. The standard InChI is InChI=1S/C6H7.C5H5.C3H6.2ClH.Zr/c1-6-4-2-3-5-6;1-2-4-5-3-1;1-3-2;;;/h4-5H,2H2,1H3;1-3H,4H2;1-2H3;2*1H;/q2*-1;;;;+2/p-2. The van der Waals surface area contributed by atoms with E-state index in [4.69, 9.17) is 0 Å². The molecule has 94 valence electrons. The van der Waals surface area contributed by atoms with Crippen LogP contribution in [-0.2, 0) is 24.2 Å². The fourth-order valence-electron chi connectivity index (χ4n) is 0.839. The van der Waals surface area contributed by atoms with Gasteiger partial charge in [0.25, 0.3) is 0 Å². The maximum atomic E-state index is 3.05. The largest absolute Gasteiger partial charge is 1.00 e. The third kappa shape index (κ3) is 22.0. The summed E-state index contributed by atoms with van der Waals surface area (Å²) in [7, 11) is 0. The number of halogens is 2. The molecular formula is C14H18Cl2Zr-2. The third-order valence-corrected chi connectivity index (χ3v) is 1.46. The predicted molar refractivity (Wildman–Crippen MR) is 64.1 cm³/mol. The van der Waals surface area contributed by atoms with Gasteiger partial charge in [-0.1, -0.05) is 0 Å². The van der Waals surface area contributed by atoms with Gasteiger partial charge in [-0.25, -0.2) is 23.8 Å². The smallest absolute Gasteiger partial charge is 0.109 e. The van der Waals surface area contributed by atoms with Crippen molar-refractivity contribution < 1.29 is 49.0 Å². The fraction of sp³-hybridized carbons (Fsp3) is 0.357. The molecule has 0 saturated carbocycles. The SMILES string of the molecule is CC1=CC[C-]=C1.C[C](C)=[Zr+2].[C-]1=CC=CC1.[Cl-].[Cl-]. The second kappa shape index (κ2) is 16.3. The van der Waals surface area contributed by atoms with Crippen molar-refractivity contribution >= 4 is 3.21 Å². The van der Waals surface area contributed by atoms with Crippen molar-refractivity contribution in [3.63, 3.8) is 0 Å². The zero-order valence-electron chi connectivity index (χ0n) is 10.6. The Labute approximate surface area is 133 Å². The average Bonchev–Trinajstić information content (AvgIpc) is 2.75. The average molecular weight is 348 g/mol. The first-order valence-corrected chi connectivity index (χ1v) is 6.32. The summed E-state index contributed by atoms with van der Waals surface area (Å²) in [6.07, 6.45) is 18.2. The van der Waals surface area contributed by atoms with Crippen molar-refractivity contribution in [1.29, 1.82) is 0 Å². The molecule has 0 aliphatic heterocycles. The zero-order chi connectivity index (χ0) is 11.5. The van der Waals surface area contributed by atoms with Gasteiger partial charge in [0.2, 0.25) is 0 Å². The summed E-state index contributed by atoms with van der Waals surface area (Å²) in [6.45, 7) is 6.33. The fourth-order valence-corrected chi connectivity index (χ4v) is 0.839. The van der Waals surface area contributed by atoms with E-state index in [-0.39, 0.29) is 24.8 Å². The molecule has 0 N–H and O–H groups in total. The molecule has 0 nitrogen and oxygen atoms in total. The first kappa shape index (κ1) is 22.5. The second-order valence-electron chi connectivity index (χ2n) is 3.50. The topological polar surface area (TPSA) is 0 Å². The molecule has 0 unspecified atom stereocenters. The van der Waals surface area contributed by atoms with Crippen molar-refractivity contribution in [2.75, 3.05) is 0 Å². The van der Waals surface area contributed by atoms with Crippen molar-refractivity contribution in [3.8, 4) is 0 Å². The minimum Gasteiger partial charge on any atom is -1.00 e. The summed E-state index contributed by atoms with van der Waals surface area (Å²) in [6, 6.07) is 0. The summed E-state index contributed by atoms with van der Waals surface area (Å²) in [5.41, 5.74) is 1.34. The molecule has 0 saturated heterocycles. The van der Waals surface area contributed by atoms with Crippen molar-refractivity contribution in [3.05, 3.63) is 48.1 Å². The van der Waals surface area contributed by atoms with E-state index in [2.05, 4.69) is 45.1 Å². The number of hydrogen-bond acceptors (Lipinski definition) is 0. The van der Waals surface area contributed by atoms with Crippen LogP contribution in [0.3, 0.4) is 0 Å². The van der Waals surface area contributed by atoms with E-state index in [9.17, 15) is 0 Å². The molecule has 0 heterocycles. The van der Waals surface area contributed by atoms with Crippen LogP contribution in [0.5, 0.6) is 0 Å². The van der Waals surface area contributed by atoms with Crippen LogP contribution in [0.4, 0.5) is 0 Å². The van der Waals surface area contributed by atoms with Crippen molar-refractivity contribution in [2.45, 2.75) is 33.6 Å². The van der Waals surface area contributed by atoms with E-state index in [0.29, 0.717) is 0 Å². The Morgan fingerprint density at radius 2 is 1.76 bits per heavy atom. The molecule has 0 aromatic rings. The molecule has 0 radical (unpaired) electrons. The molecule has 0 aromatic carbocycles. The molecule has 2 aliphatic rings. The van der Waals surface area contributed by atoms with Crippen molar-refractivity contribution in [2.24, 2.45) is 0 Å². The Balaban J connectivity index is -0.000000167. The van der Waals surface area contributed by atoms with Crippen LogP contribution < -0.4 is 24.8 Å². The summed E-state index contributed by atoms with van der Waals surface area (Å²) in [5.74, 6) is 0. The Morgan fingerprint density at radius 1 is 1.18 bits per heavy atom. The Morgan fingerprint density at radius 3 is 1.88 bits per heavy atom. The summed E-state index contributed by atoms with van der Waals surface area (Å²) >= 11 is 1.55. The van der Waals surface area contributed by atoms with E-state index in [1.165, 1.54) is 8.78 Å². The molecule has 2 aliphatic carbocycles. The van der Waals surface area contributed by atoms with Gasteiger partial charge >= 0.3 is 41.3 Å². The molecule has 0 amide bonds. The Bertz CT molecular complexity index is 283. The van der Waals surface area contributed by atoms with Gasteiger partial charge in [-0.15, -0.1) is 19.8 Å². The van der Waals surface area contributed by atoms with E-state index >= 15 is 0 Å². The maximum absolute atomic E-state index is 3.05. The second-order valence-corrected chi connectivity index (χ2v) is 5.96. The molecule has 0 spiro atoms. The monoisotopic (exact) mass is 346 g/mol. The van der Waals surface area contributed by atoms with Crippen LogP contribution >= 0.6 is 0 Å².